The van der Waals surface area contributed by atoms with Gasteiger partial charge in [-0.15, -0.1) is 6.42 Å². The van der Waals surface area contributed by atoms with Crippen molar-refractivity contribution in [2.24, 2.45) is 0 Å². The second-order valence-electron chi connectivity index (χ2n) is 3.87. The molecule has 1 unspecified atom stereocenters. The van der Waals surface area contributed by atoms with E-state index in [0.717, 1.165) is 11.3 Å². The van der Waals surface area contributed by atoms with E-state index in [-0.39, 0.29) is 17.9 Å². The maximum absolute atomic E-state index is 11.5. The van der Waals surface area contributed by atoms with Gasteiger partial charge < -0.3 is 5.32 Å². The molecule has 1 aliphatic rings. The van der Waals surface area contributed by atoms with Crippen LogP contribution in [-0.4, -0.2) is 17.9 Å². The predicted octanol–water partition coefficient (Wildman–Crippen LogP) is 0.885. The van der Waals surface area contributed by atoms with Crippen molar-refractivity contribution in [3.63, 3.8) is 0 Å². The number of rotatable bonds is 2. The van der Waals surface area contributed by atoms with Crippen molar-refractivity contribution in [1.82, 2.24) is 5.32 Å². The van der Waals surface area contributed by atoms with Crippen molar-refractivity contribution < 1.29 is 9.59 Å². The molecule has 4 nitrogen and oxygen atoms in total. The lowest BCUT2D eigenvalue weighted by Crippen LogP contribution is -2.47. The molecule has 0 spiro atoms. The van der Waals surface area contributed by atoms with Gasteiger partial charge in [-0.25, -0.2) is 0 Å². The van der Waals surface area contributed by atoms with E-state index in [0.29, 0.717) is 12.8 Å². The molecule has 2 N–H and O–H groups in total. The Kier molecular flexibility index (Phi) is 3.10. The zero-order valence-corrected chi connectivity index (χ0v) is 9.19. The average Bonchev–Trinajstić information content (AvgIpc) is 2.34. The second-order valence-corrected chi connectivity index (χ2v) is 3.87. The first-order chi connectivity index (χ1) is 8.19. The number of carbonyl (C=O) groups excluding carboxylic acids is 2. The number of hydrogen-bond acceptors (Lipinski definition) is 3. The highest BCUT2D eigenvalue weighted by Crippen LogP contribution is 2.14. The summed E-state index contributed by atoms with van der Waals surface area (Å²) in [6.07, 6.45) is 6.13. The van der Waals surface area contributed by atoms with Crippen LogP contribution in [0.3, 0.4) is 0 Å². The maximum Gasteiger partial charge on any atom is 0.249 e. The van der Waals surface area contributed by atoms with Gasteiger partial charge in [0, 0.05) is 17.7 Å². The summed E-state index contributed by atoms with van der Waals surface area (Å²) in [5, 5.41) is 5.37. The van der Waals surface area contributed by atoms with E-state index in [2.05, 4.69) is 16.6 Å². The number of hydrogen-bond donors (Lipinski definition) is 2. The molecule has 1 aliphatic heterocycles. The number of terminal acetylenes is 1. The number of carbonyl (C=O) groups is 2. The van der Waals surface area contributed by atoms with Crippen LogP contribution in [0.25, 0.3) is 0 Å². The van der Waals surface area contributed by atoms with Gasteiger partial charge in [0.15, 0.2) is 0 Å². The largest absolute Gasteiger partial charge is 0.374 e. The fourth-order valence-electron chi connectivity index (χ4n) is 1.70. The van der Waals surface area contributed by atoms with E-state index in [4.69, 9.17) is 6.42 Å². The average molecular weight is 228 g/mol. The molecule has 0 aliphatic carbocycles. The Labute approximate surface area is 99.4 Å². The second kappa shape index (κ2) is 4.71. The van der Waals surface area contributed by atoms with E-state index in [1.807, 2.05) is 12.1 Å². The monoisotopic (exact) mass is 228 g/mol. The van der Waals surface area contributed by atoms with Crippen LogP contribution >= 0.6 is 0 Å². The summed E-state index contributed by atoms with van der Waals surface area (Å²) in [6, 6.07) is 6.88. The third kappa shape index (κ3) is 2.64. The molecular weight excluding hydrogens is 216 g/mol. The minimum absolute atomic E-state index is 0.212. The van der Waals surface area contributed by atoms with E-state index < -0.39 is 0 Å². The molecule has 1 fully saturated rings. The van der Waals surface area contributed by atoms with Crippen LogP contribution in [0.2, 0.25) is 0 Å². The predicted molar refractivity (Wildman–Crippen MR) is 64.2 cm³/mol. The first-order valence-electron chi connectivity index (χ1n) is 5.36. The molecule has 0 bridgehead atoms. The molecule has 2 amide bonds. The summed E-state index contributed by atoms with van der Waals surface area (Å²) in [7, 11) is 0. The van der Waals surface area contributed by atoms with Crippen molar-refractivity contribution in [2.75, 3.05) is 5.32 Å². The van der Waals surface area contributed by atoms with Crippen molar-refractivity contribution in [1.29, 1.82) is 0 Å². The van der Waals surface area contributed by atoms with Gasteiger partial charge in [0.1, 0.15) is 6.04 Å². The van der Waals surface area contributed by atoms with Crippen LogP contribution in [0.5, 0.6) is 0 Å². The highest BCUT2D eigenvalue weighted by atomic mass is 16.2. The van der Waals surface area contributed by atoms with Crippen molar-refractivity contribution in [3.8, 4) is 12.3 Å². The normalized spacial score (nSPS) is 19.4. The summed E-state index contributed by atoms with van der Waals surface area (Å²) in [5.74, 6) is 2.03. The molecule has 4 heteroatoms. The number of amides is 2. The van der Waals surface area contributed by atoms with Gasteiger partial charge in [-0.1, -0.05) is 5.92 Å². The molecule has 2 rings (SSSR count). The quantitative estimate of drug-likeness (QED) is 0.583. The minimum atomic E-state index is -0.357. The number of benzene rings is 1. The van der Waals surface area contributed by atoms with Crippen molar-refractivity contribution >= 4 is 17.5 Å². The highest BCUT2D eigenvalue weighted by Gasteiger charge is 2.26. The Bertz CT molecular complexity index is 485. The minimum Gasteiger partial charge on any atom is -0.374 e. The Morgan fingerprint density at radius 3 is 2.59 bits per heavy atom. The zero-order valence-electron chi connectivity index (χ0n) is 9.19. The first kappa shape index (κ1) is 11.2. The SMILES string of the molecule is C#Cc1ccc(NC2CCC(=O)NC2=O)cc1. The van der Waals surface area contributed by atoms with Gasteiger partial charge in [0.2, 0.25) is 11.8 Å². The van der Waals surface area contributed by atoms with Crippen LogP contribution in [-0.2, 0) is 9.59 Å². The Hall–Kier alpha value is -2.28. The molecule has 1 heterocycles. The summed E-state index contributed by atoms with van der Waals surface area (Å²) in [4.78, 5) is 22.5. The van der Waals surface area contributed by atoms with E-state index in [9.17, 15) is 9.59 Å². The molecular formula is C13H12N2O2. The third-order valence-corrected chi connectivity index (χ3v) is 2.63. The molecule has 1 aromatic carbocycles. The van der Waals surface area contributed by atoms with Gasteiger partial charge in [-0.05, 0) is 30.7 Å². The Balaban J connectivity index is 2.03. The van der Waals surface area contributed by atoms with Crippen LogP contribution in [0, 0.1) is 12.3 Å². The summed E-state index contributed by atoms with van der Waals surface area (Å²) in [6.45, 7) is 0. The topological polar surface area (TPSA) is 58.2 Å². The molecule has 1 atom stereocenters. The lowest BCUT2D eigenvalue weighted by molar-refractivity contribution is -0.133. The van der Waals surface area contributed by atoms with E-state index >= 15 is 0 Å². The van der Waals surface area contributed by atoms with Crippen LogP contribution in [0.1, 0.15) is 18.4 Å². The van der Waals surface area contributed by atoms with Gasteiger partial charge in [0.05, 0.1) is 0 Å². The summed E-state index contributed by atoms with van der Waals surface area (Å²) >= 11 is 0. The van der Waals surface area contributed by atoms with Gasteiger partial charge >= 0.3 is 0 Å². The molecule has 0 aromatic heterocycles. The summed E-state index contributed by atoms with van der Waals surface area (Å²) < 4.78 is 0. The smallest absolute Gasteiger partial charge is 0.249 e. The van der Waals surface area contributed by atoms with Crippen LogP contribution in [0.4, 0.5) is 5.69 Å². The van der Waals surface area contributed by atoms with Crippen molar-refractivity contribution in [2.45, 2.75) is 18.9 Å². The molecule has 0 saturated carbocycles. The van der Waals surface area contributed by atoms with Crippen LogP contribution in [0.15, 0.2) is 24.3 Å². The fourth-order valence-corrected chi connectivity index (χ4v) is 1.70. The van der Waals surface area contributed by atoms with E-state index in [1.54, 1.807) is 12.1 Å². The first-order valence-corrected chi connectivity index (χ1v) is 5.36. The molecule has 1 saturated heterocycles. The highest BCUT2D eigenvalue weighted by molar-refractivity contribution is 6.01. The standard InChI is InChI=1S/C13H12N2O2/c1-2-9-3-5-10(6-4-9)14-11-7-8-12(16)15-13(11)17/h1,3-6,11,14H,7-8H2,(H,15,16,17). The Morgan fingerprint density at radius 2 is 2.00 bits per heavy atom. The fraction of sp³-hybridized carbons (Fsp3) is 0.231. The number of piperidine rings is 1. The van der Waals surface area contributed by atoms with Crippen molar-refractivity contribution in [3.05, 3.63) is 29.8 Å². The van der Waals surface area contributed by atoms with Gasteiger partial charge in [-0.2, -0.15) is 0 Å². The molecule has 86 valence electrons. The maximum atomic E-state index is 11.5. The number of anilines is 1. The molecule has 1 aromatic rings. The van der Waals surface area contributed by atoms with Gasteiger partial charge in [-0.3, -0.25) is 14.9 Å². The van der Waals surface area contributed by atoms with Crippen LogP contribution < -0.4 is 10.6 Å². The molecule has 0 radical (unpaired) electrons. The lowest BCUT2D eigenvalue weighted by atomic mass is 10.1. The third-order valence-electron chi connectivity index (χ3n) is 2.63. The number of imide groups is 1. The Morgan fingerprint density at radius 1 is 1.29 bits per heavy atom. The zero-order chi connectivity index (χ0) is 12.3. The molecule has 17 heavy (non-hydrogen) atoms. The van der Waals surface area contributed by atoms with E-state index in [1.165, 1.54) is 0 Å². The number of nitrogens with one attached hydrogen (secondary N) is 2. The van der Waals surface area contributed by atoms with Gasteiger partial charge in [0.25, 0.3) is 0 Å². The lowest BCUT2D eigenvalue weighted by Gasteiger charge is -2.22. The summed E-state index contributed by atoms with van der Waals surface area (Å²) in [5.41, 5.74) is 1.61.